The molecule has 0 unspecified atom stereocenters. The molecule has 0 aromatic heterocycles. The Balaban J connectivity index is 3.37. The predicted octanol–water partition coefficient (Wildman–Crippen LogP) is 1.96. The largest absolute Gasteiger partial charge is 0.498 e. The van der Waals surface area contributed by atoms with E-state index in [0.29, 0.717) is 13.0 Å². The minimum absolute atomic E-state index is 0.154. The lowest BCUT2D eigenvalue weighted by Crippen LogP contribution is -1.98. The molecule has 0 heterocycles. The third-order valence-corrected chi connectivity index (χ3v) is 1.22. The fourth-order valence-electron chi connectivity index (χ4n) is 0.671. The molecule has 0 saturated heterocycles. The van der Waals surface area contributed by atoms with Crippen LogP contribution in [0.5, 0.6) is 0 Å². The molecule has 0 aromatic rings. The molecule has 12 heavy (non-hydrogen) atoms. The van der Waals surface area contributed by atoms with Gasteiger partial charge in [0.15, 0.2) is 0 Å². The summed E-state index contributed by atoms with van der Waals surface area (Å²) in [5.41, 5.74) is 0. The van der Waals surface area contributed by atoms with Crippen LogP contribution in [0.15, 0.2) is 24.5 Å². The van der Waals surface area contributed by atoms with E-state index in [1.807, 2.05) is 6.92 Å². The van der Waals surface area contributed by atoms with E-state index < -0.39 is 5.97 Å². The molecule has 1 N–H and O–H groups in total. The van der Waals surface area contributed by atoms with Crippen LogP contribution in [0.25, 0.3) is 0 Å². The van der Waals surface area contributed by atoms with Gasteiger partial charge in [-0.05, 0) is 19.4 Å². The fourth-order valence-corrected chi connectivity index (χ4v) is 0.671. The average Bonchev–Trinajstić information content (AvgIpc) is 1.98. The molecule has 0 fully saturated rings. The molecule has 3 heteroatoms. The van der Waals surface area contributed by atoms with Gasteiger partial charge in [-0.15, -0.1) is 0 Å². The van der Waals surface area contributed by atoms with E-state index >= 15 is 0 Å². The Hall–Kier alpha value is -1.25. The highest BCUT2D eigenvalue weighted by Gasteiger charge is 1.96. The second-order valence-electron chi connectivity index (χ2n) is 2.36. The summed E-state index contributed by atoms with van der Waals surface area (Å²) in [5.74, 6) is -0.0284. The highest BCUT2D eigenvalue weighted by Crippen LogP contribution is 1.98. The van der Waals surface area contributed by atoms with Gasteiger partial charge < -0.3 is 9.84 Å². The molecule has 0 saturated carbocycles. The lowest BCUT2D eigenvalue weighted by Gasteiger charge is -2.03. The van der Waals surface area contributed by atoms with Gasteiger partial charge in [-0.25, -0.2) is 0 Å². The molecule has 0 aromatic carbocycles. The zero-order valence-corrected chi connectivity index (χ0v) is 7.25. The zero-order valence-electron chi connectivity index (χ0n) is 7.25. The maximum Gasteiger partial charge on any atom is 0.303 e. The Bertz CT molecular complexity index is 182. The molecule has 0 radical (unpaired) electrons. The maximum absolute atomic E-state index is 10.1. The molecule has 0 bridgehead atoms. The number of hydrogen-bond donors (Lipinski definition) is 1. The van der Waals surface area contributed by atoms with Crippen molar-refractivity contribution >= 4 is 5.97 Å². The van der Waals surface area contributed by atoms with Crippen LogP contribution in [0.2, 0.25) is 0 Å². The summed E-state index contributed by atoms with van der Waals surface area (Å²) in [6.45, 7) is 5.76. The van der Waals surface area contributed by atoms with Crippen molar-refractivity contribution in [3.63, 3.8) is 0 Å². The maximum atomic E-state index is 10.1. The monoisotopic (exact) mass is 170 g/mol. The summed E-state index contributed by atoms with van der Waals surface area (Å²) in [6, 6.07) is 0. The van der Waals surface area contributed by atoms with E-state index in [9.17, 15) is 4.79 Å². The first-order chi connectivity index (χ1) is 5.66. The fraction of sp³-hybridized carbons (Fsp3) is 0.444. The number of carboxylic acid groups (broad SMARTS) is 1. The van der Waals surface area contributed by atoms with Crippen LogP contribution < -0.4 is 0 Å². The van der Waals surface area contributed by atoms with Gasteiger partial charge in [0.25, 0.3) is 0 Å². The number of ether oxygens (including phenoxy) is 1. The lowest BCUT2D eigenvalue weighted by atomic mass is 10.3. The first-order valence-corrected chi connectivity index (χ1v) is 3.80. The molecule has 0 spiro atoms. The Kier molecular flexibility index (Phi) is 5.79. The van der Waals surface area contributed by atoms with E-state index in [1.54, 1.807) is 12.2 Å². The SMILES string of the molecule is C=CC=C(C)OCCCC(=O)O. The van der Waals surface area contributed by atoms with Gasteiger partial charge in [0, 0.05) is 6.42 Å². The predicted molar refractivity (Wildman–Crippen MR) is 46.8 cm³/mol. The highest BCUT2D eigenvalue weighted by atomic mass is 16.5. The van der Waals surface area contributed by atoms with Gasteiger partial charge >= 0.3 is 5.97 Å². The molecule has 0 aliphatic heterocycles. The quantitative estimate of drug-likeness (QED) is 0.376. The van der Waals surface area contributed by atoms with E-state index in [2.05, 4.69) is 6.58 Å². The van der Waals surface area contributed by atoms with Gasteiger partial charge in [-0.2, -0.15) is 0 Å². The van der Waals surface area contributed by atoms with Crippen LogP contribution in [0.4, 0.5) is 0 Å². The third-order valence-electron chi connectivity index (χ3n) is 1.22. The van der Waals surface area contributed by atoms with Gasteiger partial charge in [0.1, 0.15) is 0 Å². The molecule has 0 atom stereocenters. The Morgan fingerprint density at radius 3 is 2.83 bits per heavy atom. The topological polar surface area (TPSA) is 46.5 Å². The van der Waals surface area contributed by atoms with Crippen molar-refractivity contribution in [3.8, 4) is 0 Å². The van der Waals surface area contributed by atoms with Gasteiger partial charge in [-0.1, -0.05) is 12.7 Å². The molecule has 0 aliphatic rings. The minimum Gasteiger partial charge on any atom is -0.498 e. The summed E-state index contributed by atoms with van der Waals surface area (Å²) in [6.07, 6.45) is 4.06. The molecule has 0 aliphatic carbocycles. The summed E-state index contributed by atoms with van der Waals surface area (Å²) < 4.78 is 5.16. The molecular formula is C9H14O3. The van der Waals surface area contributed by atoms with Crippen molar-refractivity contribution in [2.24, 2.45) is 0 Å². The summed E-state index contributed by atoms with van der Waals surface area (Å²) >= 11 is 0. The number of hydrogen-bond acceptors (Lipinski definition) is 2. The Morgan fingerprint density at radius 2 is 2.33 bits per heavy atom. The summed E-state index contributed by atoms with van der Waals surface area (Å²) in [5, 5.41) is 8.30. The molecule has 3 nitrogen and oxygen atoms in total. The number of aliphatic carboxylic acids is 1. The van der Waals surface area contributed by atoms with Crippen molar-refractivity contribution in [2.45, 2.75) is 19.8 Å². The molecule has 0 amide bonds. The van der Waals surface area contributed by atoms with Crippen molar-refractivity contribution in [1.82, 2.24) is 0 Å². The normalized spacial score (nSPS) is 10.9. The van der Waals surface area contributed by atoms with E-state index in [1.165, 1.54) is 0 Å². The Labute approximate surface area is 72.3 Å². The lowest BCUT2D eigenvalue weighted by molar-refractivity contribution is -0.137. The van der Waals surface area contributed by atoms with Crippen LogP contribution in [0.3, 0.4) is 0 Å². The number of allylic oxidation sites excluding steroid dienone is 3. The van der Waals surface area contributed by atoms with Crippen LogP contribution in [-0.4, -0.2) is 17.7 Å². The Morgan fingerprint density at radius 1 is 1.67 bits per heavy atom. The standard InChI is InChI=1S/C9H14O3/c1-3-5-8(2)12-7-4-6-9(10)11/h3,5H,1,4,6-7H2,2H3,(H,10,11). The van der Waals surface area contributed by atoms with E-state index in [4.69, 9.17) is 9.84 Å². The van der Waals surface area contributed by atoms with Crippen LogP contribution in [-0.2, 0) is 9.53 Å². The van der Waals surface area contributed by atoms with Crippen molar-refractivity contribution < 1.29 is 14.6 Å². The highest BCUT2D eigenvalue weighted by molar-refractivity contribution is 5.66. The van der Waals surface area contributed by atoms with Crippen molar-refractivity contribution in [2.75, 3.05) is 6.61 Å². The van der Waals surface area contributed by atoms with Crippen LogP contribution >= 0.6 is 0 Å². The smallest absolute Gasteiger partial charge is 0.303 e. The van der Waals surface area contributed by atoms with Gasteiger partial charge in [0.2, 0.25) is 0 Å². The number of carbonyl (C=O) groups is 1. The second kappa shape index (κ2) is 6.46. The minimum atomic E-state index is -0.788. The van der Waals surface area contributed by atoms with Crippen molar-refractivity contribution in [3.05, 3.63) is 24.5 Å². The molecular weight excluding hydrogens is 156 g/mol. The second-order valence-corrected chi connectivity index (χ2v) is 2.36. The number of rotatable bonds is 6. The molecule has 0 rings (SSSR count). The van der Waals surface area contributed by atoms with E-state index in [0.717, 1.165) is 5.76 Å². The van der Waals surface area contributed by atoms with Gasteiger partial charge in [0.05, 0.1) is 12.4 Å². The number of carboxylic acids is 1. The van der Waals surface area contributed by atoms with E-state index in [-0.39, 0.29) is 6.42 Å². The molecule has 68 valence electrons. The summed E-state index contributed by atoms with van der Waals surface area (Å²) in [7, 11) is 0. The van der Waals surface area contributed by atoms with Crippen LogP contribution in [0.1, 0.15) is 19.8 Å². The van der Waals surface area contributed by atoms with Gasteiger partial charge in [-0.3, -0.25) is 4.79 Å². The average molecular weight is 170 g/mol. The summed E-state index contributed by atoms with van der Waals surface area (Å²) in [4.78, 5) is 10.1. The first kappa shape index (κ1) is 10.8. The van der Waals surface area contributed by atoms with Crippen molar-refractivity contribution in [1.29, 1.82) is 0 Å². The zero-order chi connectivity index (χ0) is 9.40. The van der Waals surface area contributed by atoms with Crippen LogP contribution in [0, 0.1) is 0 Å². The third kappa shape index (κ3) is 6.86. The first-order valence-electron chi connectivity index (χ1n) is 3.80.